The van der Waals surface area contributed by atoms with Gasteiger partial charge in [-0.05, 0) is 50.2 Å². The van der Waals surface area contributed by atoms with Crippen molar-refractivity contribution in [2.45, 2.75) is 26.9 Å². The van der Waals surface area contributed by atoms with E-state index in [1.165, 1.54) is 4.68 Å². The van der Waals surface area contributed by atoms with E-state index >= 15 is 0 Å². The molecule has 0 atom stereocenters. The zero-order valence-corrected chi connectivity index (χ0v) is 17.2. The first-order valence-corrected chi connectivity index (χ1v) is 10.1. The molecule has 3 heterocycles. The molecule has 0 aliphatic carbocycles. The number of aromatic nitrogens is 4. The Labute approximate surface area is 177 Å². The van der Waals surface area contributed by atoms with Crippen LogP contribution < -0.4 is 11.0 Å². The Morgan fingerprint density at radius 2 is 1.77 bits per heavy atom. The molecule has 0 aliphatic rings. The van der Waals surface area contributed by atoms with Crippen LogP contribution in [0.4, 0.5) is 5.69 Å². The molecule has 2 aromatic carbocycles. The van der Waals surface area contributed by atoms with Gasteiger partial charge in [0.25, 0.3) is 0 Å². The van der Waals surface area contributed by atoms with Gasteiger partial charge in [0.15, 0.2) is 0 Å². The van der Waals surface area contributed by atoms with E-state index in [1.807, 2.05) is 73.0 Å². The first kappa shape index (κ1) is 18.9. The molecule has 0 radical (unpaired) electrons. The lowest BCUT2D eigenvalue weighted by Gasteiger charge is -2.09. The van der Waals surface area contributed by atoms with Gasteiger partial charge in [-0.25, -0.2) is 13.9 Å². The number of carbonyl (C=O) groups excluding carboxylic acids is 1. The minimum absolute atomic E-state index is 0.190. The van der Waals surface area contributed by atoms with Crippen molar-refractivity contribution in [1.29, 1.82) is 0 Å². The average molecular weight is 415 g/mol. The number of hydrogen-bond donors (Lipinski definition) is 1. The highest BCUT2D eigenvalue weighted by molar-refractivity contribution is 5.94. The van der Waals surface area contributed by atoms with Crippen LogP contribution in [-0.4, -0.2) is 24.7 Å². The SMILES string of the molecule is CCn1c2ccccc2n2c(=O)n(CC(=O)Nc3ccccc3-c3ccc(C)o3)nc12. The van der Waals surface area contributed by atoms with Crippen molar-refractivity contribution >= 4 is 28.4 Å². The third-order valence-electron chi connectivity index (χ3n) is 5.29. The van der Waals surface area contributed by atoms with Gasteiger partial charge in [-0.1, -0.05) is 24.3 Å². The van der Waals surface area contributed by atoms with Crippen LogP contribution >= 0.6 is 0 Å². The maximum Gasteiger partial charge on any atom is 0.352 e. The van der Waals surface area contributed by atoms with E-state index in [4.69, 9.17) is 4.42 Å². The quantitative estimate of drug-likeness (QED) is 0.474. The van der Waals surface area contributed by atoms with Crippen LogP contribution in [0.15, 0.2) is 69.9 Å². The van der Waals surface area contributed by atoms with Crippen LogP contribution in [-0.2, 0) is 17.9 Å². The number of nitrogens with zero attached hydrogens (tertiary/aromatic N) is 4. The molecule has 3 aromatic heterocycles. The van der Waals surface area contributed by atoms with E-state index in [0.717, 1.165) is 22.4 Å². The van der Waals surface area contributed by atoms with Crippen LogP contribution in [0, 0.1) is 6.92 Å². The highest BCUT2D eigenvalue weighted by atomic mass is 16.3. The predicted molar refractivity (Wildman–Crippen MR) is 118 cm³/mol. The van der Waals surface area contributed by atoms with Gasteiger partial charge in [0, 0.05) is 12.1 Å². The number of benzene rings is 2. The van der Waals surface area contributed by atoms with Crippen molar-refractivity contribution in [2.24, 2.45) is 0 Å². The number of aryl methyl sites for hydroxylation is 2. The number of rotatable bonds is 5. The highest BCUT2D eigenvalue weighted by Gasteiger charge is 2.19. The largest absolute Gasteiger partial charge is 0.461 e. The molecule has 156 valence electrons. The molecular weight excluding hydrogens is 394 g/mol. The molecule has 8 heteroatoms. The van der Waals surface area contributed by atoms with Crippen LogP contribution in [0.2, 0.25) is 0 Å². The summed E-state index contributed by atoms with van der Waals surface area (Å²) in [6.07, 6.45) is 0. The molecule has 0 bridgehead atoms. The van der Waals surface area contributed by atoms with Crippen molar-refractivity contribution in [1.82, 2.24) is 18.7 Å². The van der Waals surface area contributed by atoms with Gasteiger partial charge in [0.1, 0.15) is 18.1 Å². The number of anilines is 1. The number of amides is 1. The summed E-state index contributed by atoms with van der Waals surface area (Å²) < 4.78 is 10.4. The summed E-state index contributed by atoms with van der Waals surface area (Å²) in [5.74, 6) is 1.64. The Kier molecular flexibility index (Phi) is 4.47. The minimum Gasteiger partial charge on any atom is -0.461 e. The number of carbonyl (C=O) groups is 1. The lowest BCUT2D eigenvalue weighted by Crippen LogP contribution is -2.28. The Morgan fingerprint density at radius 3 is 2.52 bits per heavy atom. The second-order valence-corrected chi connectivity index (χ2v) is 7.31. The fraction of sp³-hybridized carbons (Fsp3) is 0.174. The Hall–Kier alpha value is -4.07. The molecule has 0 unspecified atom stereocenters. The first-order valence-electron chi connectivity index (χ1n) is 10.1. The van der Waals surface area contributed by atoms with Crippen LogP contribution in [0.3, 0.4) is 0 Å². The van der Waals surface area contributed by atoms with Crippen molar-refractivity contribution in [3.8, 4) is 11.3 Å². The lowest BCUT2D eigenvalue weighted by molar-refractivity contribution is -0.117. The summed E-state index contributed by atoms with van der Waals surface area (Å²) in [6, 6.07) is 18.8. The molecule has 0 saturated heterocycles. The van der Waals surface area contributed by atoms with Crippen molar-refractivity contribution < 1.29 is 9.21 Å². The topological polar surface area (TPSA) is 86.5 Å². The van der Waals surface area contributed by atoms with E-state index < -0.39 is 0 Å². The lowest BCUT2D eigenvalue weighted by atomic mass is 10.1. The number of hydrogen-bond acceptors (Lipinski definition) is 4. The molecule has 31 heavy (non-hydrogen) atoms. The van der Waals surface area contributed by atoms with Gasteiger partial charge in [0.05, 0.1) is 16.7 Å². The number of nitrogens with one attached hydrogen (secondary N) is 1. The Bertz CT molecular complexity index is 1480. The van der Waals surface area contributed by atoms with E-state index in [0.29, 0.717) is 23.8 Å². The third-order valence-corrected chi connectivity index (χ3v) is 5.29. The standard InChI is InChI=1S/C23H21N5O3/c1-3-26-18-10-6-7-11-19(18)28-22(26)25-27(23(28)30)14-21(29)24-17-9-5-4-8-16(17)20-13-12-15(2)31-20/h4-13H,3,14H2,1-2H3,(H,24,29). The fourth-order valence-corrected chi connectivity index (χ4v) is 3.90. The molecule has 0 spiro atoms. The summed E-state index contributed by atoms with van der Waals surface area (Å²) in [6.45, 7) is 4.34. The van der Waals surface area contributed by atoms with Gasteiger partial charge in [-0.3, -0.25) is 4.79 Å². The van der Waals surface area contributed by atoms with Gasteiger partial charge >= 0.3 is 5.69 Å². The number of para-hydroxylation sites is 3. The number of fused-ring (bicyclic) bond motifs is 3. The maximum atomic E-state index is 13.0. The van der Waals surface area contributed by atoms with Gasteiger partial charge < -0.3 is 14.3 Å². The zero-order valence-electron chi connectivity index (χ0n) is 17.2. The molecule has 0 fully saturated rings. The summed E-state index contributed by atoms with van der Waals surface area (Å²) in [5.41, 5.74) is 2.75. The monoisotopic (exact) mass is 415 g/mol. The second-order valence-electron chi connectivity index (χ2n) is 7.31. The molecular formula is C23H21N5O3. The minimum atomic E-state index is -0.344. The molecule has 0 aliphatic heterocycles. The van der Waals surface area contributed by atoms with Crippen molar-refractivity contribution in [2.75, 3.05) is 5.32 Å². The Morgan fingerprint density at radius 1 is 1.03 bits per heavy atom. The van der Waals surface area contributed by atoms with Gasteiger partial charge in [-0.15, -0.1) is 5.10 Å². The van der Waals surface area contributed by atoms with E-state index in [9.17, 15) is 9.59 Å². The summed E-state index contributed by atoms with van der Waals surface area (Å²) in [7, 11) is 0. The summed E-state index contributed by atoms with van der Waals surface area (Å²) >= 11 is 0. The van der Waals surface area contributed by atoms with E-state index in [1.54, 1.807) is 10.5 Å². The summed E-state index contributed by atoms with van der Waals surface area (Å²) in [4.78, 5) is 25.8. The zero-order chi connectivity index (χ0) is 21.5. The molecule has 8 nitrogen and oxygen atoms in total. The molecule has 0 saturated carbocycles. The van der Waals surface area contributed by atoms with Gasteiger partial charge in [-0.2, -0.15) is 0 Å². The van der Waals surface area contributed by atoms with Gasteiger partial charge in [0.2, 0.25) is 11.7 Å². The van der Waals surface area contributed by atoms with Crippen molar-refractivity contribution in [3.63, 3.8) is 0 Å². The average Bonchev–Trinajstić information content (AvgIpc) is 3.42. The van der Waals surface area contributed by atoms with E-state index in [2.05, 4.69) is 10.4 Å². The van der Waals surface area contributed by atoms with Crippen LogP contribution in [0.1, 0.15) is 12.7 Å². The van der Waals surface area contributed by atoms with Crippen LogP contribution in [0.5, 0.6) is 0 Å². The second kappa shape index (κ2) is 7.32. The molecule has 5 aromatic rings. The van der Waals surface area contributed by atoms with Crippen molar-refractivity contribution in [3.05, 3.63) is 76.9 Å². The predicted octanol–water partition coefficient (Wildman–Crippen LogP) is 3.68. The Balaban J connectivity index is 1.47. The maximum absolute atomic E-state index is 13.0. The normalized spacial score (nSPS) is 11.4. The number of imidazole rings is 1. The fourth-order valence-electron chi connectivity index (χ4n) is 3.90. The molecule has 5 rings (SSSR count). The molecule has 1 N–H and O–H groups in total. The highest BCUT2D eigenvalue weighted by Crippen LogP contribution is 2.29. The number of furan rings is 1. The first-order chi connectivity index (χ1) is 15.1. The summed E-state index contributed by atoms with van der Waals surface area (Å²) in [5, 5.41) is 7.32. The molecule has 1 amide bonds. The van der Waals surface area contributed by atoms with E-state index in [-0.39, 0.29) is 18.1 Å². The smallest absolute Gasteiger partial charge is 0.352 e. The van der Waals surface area contributed by atoms with Crippen LogP contribution in [0.25, 0.3) is 28.1 Å². The third kappa shape index (κ3) is 3.13.